The quantitative estimate of drug-likeness (QED) is 0.840. The fraction of sp³-hybridized carbons (Fsp3) is 0.381. The van der Waals surface area contributed by atoms with E-state index in [-0.39, 0.29) is 24.0 Å². The first-order chi connectivity index (χ1) is 13.6. The topological polar surface area (TPSA) is 71.5 Å². The lowest BCUT2D eigenvalue weighted by Gasteiger charge is -2.17. The normalized spacial score (nSPS) is 21.8. The van der Waals surface area contributed by atoms with Crippen molar-refractivity contribution in [2.24, 2.45) is 0 Å². The number of carbonyl (C=O) groups excluding carboxylic acids is 2. The van der Waals surface area contributed by atoms with E-state index >= 15 is 0 Å². The van der Waals surface area contributed by atoms with E-state index in [1.165, 1.54) is 0 Å². The van der Waals surface area contributed by atoms with Crippen molar-refractivity contribution in [3.8, 4) is 5.88 Å². The highest BCUT2D eigenvalue weighted by Gasteiger charge is 2.31. The molecule has 1 aromatic heterocycles. The molecule has 28 heavy (non-hydrogen) atoms. The summed E-state index contributed by atoms with van der Waals surface area (Å²) in [5, 5.41) is 2.97. The number of rotatable bonds is 5. The van der Waals surface area contributed by atoms with Gasteiger partial charge in [-0.2, -0.15) is 11.8 Å². The van der Waals surface area contributed by atoms with Crippen LogP contribution in [0.3, 0.4) is 0 Å². The van der Waals surface area contributed by atoms with Gasteiger partial charge in [-0.1, -0.05) is 17.7 Å². The Balaban J connectivity index is 1.38. The molecule has 1 N–H and O–H groups in total. The number of benzene rings is 1. The molecular weight excluding hydrogens is 374 g/mol. The van der Waals surface area contributed by atoms with Gasteiger partial charge in [0.1, 0.15) is 6.10 Å². The van der Waals surface area contributed by atoms with Gasteiger partial charge in [0.15, 0.2) is 0 Å². The lowest BCUT2D eigenvalue weighted by molar-refractivity contribution is -0.117. The Labute approximate surface area is 168 Å². The molecular formula is C21H23N3O3S. The average Bonchev–Trinajstić information content (AvgIpc) is 3.32. The molecule has 2 saturated heterocycles. The fourth-order valence-electron chi connectivity index (χ4n) is 3.44. The van der Waals surface area contributed by atoms with Gasteiger partial charge in [0, 0.05) is 42.2 Å². The number of amides is 2. The van der Waals surface area contributed by atoms with Crippen molar-refractivity contribution in [3.05, 3.63) is 53.7 Å². The number of nitrogens with one attached hydrogen (secondary N) is 1. The van der Waals surface area contributed by atoms with E-state index in [2.05, 4.69) is 10.3 Å². The maximum absolute atomic E-state index is 12.7. The van der Waals surface area contributed by atoms with Crippen LogP contribution in [0.4, 0.5) is 5.69 Å². The van der Waals surface area contributed by atoms with Crippen molar-refractivity contribution >= 4 is 29.3 Å². The standard InChI is InChI=1S/C21H23N3O3S/c1-14-2-4-17(5-3-14)24-12-16(11-20(24)25)23-21(26)15-6-8-22-19(10-15)27-18-7-9-28-13-18/h2-6,8,10,16,18H,7,9,11-13H2,1H3,(H,23,26). The third-order valence-corrected chi connectivity index (χ3v) is 6.11. The molecule has 2 atom stereocenters. The minimum atomic E-state index is -0.218. The molecule has 1 aromatic carbocycles. The van der Waals surface area contributed by atoms with Crippen LogP contribution in [0.15, 0.2) is 42.6 Å². The summed E-state index contributed by atoms with van der Waals surface area (Å²) in [5.41, 5.74) is 2.51. The number of ether oxygens (including phenoxy) is 1. The molecule has 2 amide bonds. The number of aryl methyl sites for hydroxylation is 1. The van der Waals surface area contributed by atoms with Gasteiger partial charge < -0.3 is 15.0 Å². The highest BCUT2D eigenvalue weighted by atomic mass is 32.2. The van der Waals surface area contributed by atoms with Gasteiger partial charge in [-0.3, -0.25) is 9.59 Å². The Kier molecular flexibility index (Phi) is 5.52. The first-order valence-corrected chi connectivity index (χ1v) is 10.6. The highest BCUT2D eigenvalue weighted by Crippen LogP contribution is 2.24. The van der Waals surface area contributed by atoms with E-state index in [9.17, 15) is 9.59 Å². The molecule has 2 aliphatic rings. The minimum absolute atomic E-state index is 0.0200. The summed E-state index contributed by atoms with van der Waals surface area (Å²) in [6, 6.07) is 11.0. The summed E-state index contributed by atoms with van der Waals surface area (Å²) < 4.78 is 5.86. The second-order valence-electron chi connectivity index (χ2n) is 7.20. The summed E-state index contributed by atoms with van der Waals surface area (Å²) in [6.07, 6.45) is 3.05. The Morgan fingerprint density at radius 3 is 2.86 bits per heavy atom. The molecule has 4 rings (SSSR count). The fourth-order valence-corrected chi connectivity index (χ4v) is 4.53. The van der Waals surface area contributed by atoms with Gasteiger partial charge in [0.05, 0.1) is 6.04 Å². The maximum atomic E-state index is 12.7. The second-order valence-corrected chi connectivity index (χ2v) is 8.35. The summed E-state index contributed by atoms with van der Waals surface area (Å²) in [6.45, 7) is 2.48. The molecule has 0 radical (unpaired) electrons. The average molecular weight is 398 g/mol. The Morgan fingerprint density at radius 1 is 1.29 bits per heavy atom. The van der Waals surface area contributed by atoms with E-state index in [1.54, 1.807) is 23.2 Å². The van der Waals surface area contributed by atoms with Crippen LogP contribution < -0.4 is 15.0 Å². The molecule has 0 saturated carbocycles. The first-order valence-electron chi connectivity index (χ1n) is 9.47. The molecule has 0 bridgehead atoms. The minimum Gasteiger partial charge on any atom is -0.473 e. The SMILES string of the molecule is Cc1ccc(N2CC(NC(=O)c3ccnc(OC4CCSC4)c3)CC2=O)cc1. The van der Waals surface area contributed by atoms with Crippen molar-refractivity contribution in [3.63, 3.8) is 0 Å². The van der Waals surface area contributed by atoms with Crippen LogP contribution in [0.1, 0.15) is 28.8 Å². The smallest absolute Gasteiger partial charge is 0.251 e. The third kappa shape index (κ3) is 4.30. The van der Waals surface area contributed by atoms with Crippen LogP contribution in [0, 0.1) is 6.92 Å². The Bertz CT molecular complexity index is 865. The molecule has 6 nitrogen and oxygen atoms in total. The lowest BCUT2D eigenvalue weighted by atomic mass is 10.2. The van der Waals surface area contributed by atoms with E-state index < -0.39 is 0 Å². The van der Waals surface area contributed by atoms with Crippen LogP contribution in [-0.4, -0.2) is 47.0 Å². The van der Waals surface area contributed by atoms with Gasteiger partial charge in [-0.05, 0) is 37.3 Å². The number of pyridine rings is 1. The monoisotopic (exact) mass is 397 g/mol. The predicted octanol–water partition coefficient (Wildman–Crippen LogP) is 2.81. The van der Waals surface area contributed by atoms with E-state index in [0.29, 0.717) is 24.4 Å². The summed E-state index contributed by atoms with van der Waals surface area (Å²) in [4.78, 5) is 31.0. The van der Waals surface area contributed by atoms with Crippen LogP contribution in [-0.2, 0) is 4.79 Å². The first kappa shape index (κ1) is 18.8. The van der Waals surface area contributed by atoms with Gasteiger partial charge in [-0.15, -0.1) is 0 Å². The number of carbonyl (C=O) groups is 2. The number of hydrogen-bond donors (Lipinski definition) is 1. The number of nitrogens with zero attached hydrogens (tertiary/aromatic N) is 2. The number of aromatic nitrogens is 1. The zero-order chi connectivity index (χ0) is 19.5. The Hall–Kier alpha value is -2.54. The molecule has 3 heterocycles. The molecule has 2 aromatic rings. The van der Waals surface area contributed by atoms with Gasteiger partial charge in [0.25, 0.3) is 5.91 Å². The maximum Gasteiger partial charge on any atom is 0.251 e. The zero-order valence-corrected chi connectivity index (χ0v) is 16.6. The summed E-state index contributed by atoms with van der Waals surface area (Å²) in [7, 11) is 0. The van der Waals surface area contributed by atoms with Crippen LogP contribution in [0.5, 0.6) is 5.88 Å². The summed E-state index contributed by atoms with van der Waals surface area (Å²) in [5.74, 6) is 2.34. The lowest BCUT2D eigenvalue weighted by Crippen LogP contribution is -2.37. The molecule has 2 aliphatic heterocycles. The van der Waals surface area contributed by atoms with Gasteiger partial charge in [-0.25, -0.2) is 4.98 Å². The zero-order valence-electron chi connectivity index (χ0n) is 15.8. The van der Waals surface area contributed by atoms with Gasteiger partial charge in [0.2, 0.25) is 11.8 Å². The van der Waals surface area contributed by atoms with Crippen molar-refractivity contribution in [2.75, 3.05) is 23.0 Å². The van der Waals surface area contributed by atoms with Crippen molar-refractivity contribution in [1.82, 2.24) is 10.3 Å². The third-order valence-electron chi connectivity index (χ3n) is 4.98. The number of thioether (sulfide) groups is 1. The van der Waals surface area contributed by atoms with Crippen LogP contribution >= 0.6 is 11.8 Å². The largest absolute Gasteiger partial charge is 0.473 e. The number of anilines is 1. The van der Waals surface area contributed by atoms with E-state index in [1.807, 2.05) is 43.0 Å². The molecule has 0 aliphatic carbocycles. The molecule has 2 unspecified atom stereocenters. The highest BCUT2D eigenvalue weighted by molar-refractivity contribution is 7.99. The van der Waals surface area contributed by atoms with Crippen LogP contribution in [0.25, 0.3) is 0 Å². The molecule has 0 spiro atoms. The molecule has 2 fully saturated rings. The van der Waals surface area contributed by atoms with Crippen LogP contribution in [0.2, 0.25) is 0 Å². The second kappa shape index (κ2) is 8.22. The Morgan fingerprint density at radius 2 is 2.11 bits per heavy atom. The molecule has 146 valence electrons. The predicted molar refractivity (Wildman–Crippen MR) is 110 cm³/mol. The van der Waals surface area contributed by atoms with Crippen molar-refractivity contribution in [2.45, 2.75) is 31.9 Å². The van der Waals surface area contributed by atoms with E-state index in [4.69, 9.17) is 4.74 Å². The van der Waals surface area contributed by atoms with Gasteiger partial charge >= 0.3 is 0 Å². The number of hydrogen-bond acceptors (Lipinski definition) is 5. The van der Waals surface area contributed by atoms with E-state index in [0.717, 1.165) is 29.2 Å². The molecule has 7 heteroatoms. The van der Waals surface area contributed by atoms with Crippen molar-refractivity contribution < 1.29 is 14.3 Å². The summed E-state index contributed by atoms with van der Waals surface area (Å²) >= 11 is 1.86. The van der Waals surface area contributed by atoms with Crippen molar-refractivity contribution in [1.29, 1.82) is 0 Å².